The topological polar surface area (TPSA) is 40.5 Å². The van der Waals surface area contributed by atoms with Gasteiger partial charge in [0.1, 0.15) is 0 Å². The quantitative estimate of drug-likeness (QED) is 0.511. The van der Waals surface area contributed by atoms with Crippen molar-refractivity contribution in [3.63, 3.8) is 0 Å². The Morgan fingerprint density at radius 2 is 0.733 bits per heavy atom. The number of allylic oxidation sites excluding steroid dienone is 4. The fraction of sp³-hybridized carbons (Fsp3) is 0.714. The third kappa shape index (κ3) is 1.67. The van der Waals surface area contributed by atoms with E-state index in [-0.39, 0.29) is 21.7 Å². The van der Waals surface area contributed by atoms with Crippen molar-refractivity contribution in [1.82, 2.24) is 0 Å². The molecule has 0 amide bonds. The standard InChI is InChI=1S/C28H42O2/c1-15-17(3)25(9)23(15,7)21(19(5)27(25,11)29)13-14-22-20(6)28(12,30)26(10)18(4)16(2)24(22,26)8/h29-30H,13-14H2,1-12H3/t23-,24-,25-,26-,27+,28+/m1/s1. The Hall–Kier alpha value is -1.12. The molecule has 2 heteroatoms. The van der Waals surface area contributed by atoms with Crippen LogP contribution in [0.15, 0.2) is 44.6 Å². The maximum Gasteiger partial charge on any atom is 0.0930 e. The molecular weight excluding hydrogens is 368 g/mol. The second-order valence-electron chi connectivity index (χ2n) is 11.9. The van der Waals surface area contributed by atoms with Gasteiger partial charge in [0.15, 0.2) is 0 Å². The summed E-state index contributed by atoms with van der Waals surface area (Å²) in [4.78, 5) is 0. The molecule has 0 unspecified atom stereocenters. The van der Waals surface area contributed by atoms with E-state index in [1.54, 1.807) is 0 Å². The third-order valence-corrected chi connectivity index (χ3v) is 12.3. The fourth-order valence-corrected chi connectivity index (χ4v) is 8.85. The van der Waals surface area contributed by atoms with Crippen LogP contribution in [0.1, 0.15) is 95.9 Å². The fourth-order valence-electron chi connectivity index (χ4n) is 8.85. The highest BCUT2D eigenvalue weighted by atomic mass is 16.3. The van der Waals surface area contributed by atoms with Crippen LogP contribution in [0.4, 0.5) is 0 Å². The molecule has 0 bridgehead atoms. The van der Waals surface area contributed by atoms with Crippen molar-refractivity contribution in [3.8, 4) is 0 Å². The van der Waals surface area contributed by atoms with Crippen LogP contribution >= 0.6 is 0 Å². The van der Waals surface area contributed by atoms with E-state index in [2.05, 4.69) is 69.2 Å². The van der Waals surface area contributed by atoms with Gasteiger partial charge < -0.3 is 10.2 Å². The molecule has 0 radical (unpaired) electrons. The van der Waals surface area contributed by atoms with E-state index >= 15 is 0 Å². The van der Waals surface area contributed by atoms with Crippen molar-refractivity contribution < 1.29 is 10.2 Å². The van der Waals surface area contributed by atoms with Crippen molar-refractivity contribution in [2.45, 2.75) is 107 Å². The first-order valence-corrected chi connectivity index (χ1v) is 11.7. The monoisotopic (exact) mass is 410 g/mol. The minimum Gasteiger partial charge on any atom is -0.385 e. The van der Waals surface area contributed by atoms with Gasteiger partial charge in [-0.1, -0.05) is 61.1 Å². The molecule has 0 aromatic rings. The number of hydrogen-bond donors (Lipinski definition) is 2. The lowest BCUT2D eigenvalue weighted by Gasteiger charge is -2.60. The molecule has 2 N–H and O–H groups in total. The minimum absolute atomic E-state index is 0.0785. The summed E-state index contributed by atoms with van der Waals surface area (Å²) in [7, 11) is 0. The van der Waals surface area contributed by atoms with Gasteiger partial charge in [0.05, 0.1) is 11.2 Å². The lowest BCUT2D eigenvalue weighted by Crippen LogP contribution is -2.57. The normalized spacial score (nSPS) is 50.2. The molecule has 30 heavy (non-hydrogen) atoms. The summed E-state index contributed by atoms with van der Waals surface area (Å²) in [5.41, 5.74) is 8.42. The molecule has 4 aliphatic carbocycles. The third-order valence-electron chi connectivity index (χ3n) is 12.3. The van der Waals surface area contributed by atoms with E-state index in [4.69, 9.17) is 0 Å². The van der Waals surface area contributed by atoms with Gasteiger partial charge in [0, 0.05) is 21.7 Å². The second-order valence-corrected chi connectivity index (χ2v) is 11.9. The summed E-state index contributed by atoms with van der Waals surface area (Å²) < 4.78 is 0. The average Bonchev–Trinajstić information content (AvgIpc) is 2.87. The Morgan fingerprint density at radius 3 is 1.00 bits per heavy atom. The van der Waals surface area contributed by atoms with Gasteiger partial charge in [-0.15, -0.1) is 0 Å². The average molecular weight is 411 g/mol. The molecule has 0 aromatic carbocycles. The van der Waals surface area contributed by atoms with Gasteiger partial charge in [0.25, 0.3) is 0 Å². The number of rotatable bonds is 3. The first-order chi connectivity index (χ1) is 13.4. The summed E-state index contributed by atoms with van der Waals surface area (Å²) >= 11 is 0. The molecule has 0 saturated carbocycles. The van der Waals surface area contributed by atoms with E-state index in [0.717, 1.165) is 24.0 Å². The highest BCUT2D eigenvalue weighted by Gasteiger charge is 2.72. The highest BCUT2D eigenvalue weighted by Crippen LogP contribution is 2.77. The van der Waals surface area contributed by atoms with Crippen LogP contribution in [0.3, 0.4) is 0 Å². The molecule has 2 nitrogen and oxygen atoms in total. The Bertz CT molecular complexity index is 931. The minimum atomic E-state index is -0.813. The predicted octanol–water partition coefficient (Wildman–Crippen LogP) is 6.65. The highest BCUT2D eigenvalue weighted by molar-refractivity contribution is 5.62. The molecule has 0 spiro atoms. The Kier molecular flexibility index (Phi) is 4.00. The molecule has 0 saturated heterocycles. The maximum absolute atomic E-state index is 11.6. The van der Waals surface area contributed by atoms with Gasteiger partial charge >= 0.3 is 0 Å². The van der Waals surface area contributed by atoms with Crippen LogP contribution < -0.4 is 0 Å². The van der Waals surface area contributed by atoms with Crippen molar-refractivity contribution in [2.75, 3.05) is 0 Å². The molecular formula is C28H42O2. The van der Waals surface area contributed by atoms with Gasteiger partial charge in [-0.2, -0.15) is 0 Å². The van der Waals surface area contributed by atoms with Crippen molar-refractivity contribution in [3.05, 3.63) is 44.6 Å². The molecule has 0 aromatic heterocycles. The molecule has 6 atom stereocenters. The molecule has 0 aliphatic heterocycles. The summed E-state index contributed by atoms with van der Waals surface area (Å²) in [6.07, 6.45) is 1.89. The van der Waals surface area contributed by atoms with E-state index in [1.807, 2.05) is 13.8 Å². The molecule has 4 rings (SSSR count). The second kappa shape index (κ2) is 5.44. The first kappa shape index (κ1) is 22.1. The van der Waals surface area contributed by atoms with Crippen molar-refractivity contribution in [1.29, 1.82) is 0 Å². The molecule has 4 aliphatic rings. The van der Waals surface area contributed by atoms with E-state index < -0.39 is 11.2 Å². The zero-order valence-corrected chi connectivity index (χ0v) is 21.3. The van der Waals surface area contributed by atoms with Crippen LogP contribution in [0.25, 0.3) is 0 Å². The van der Waals surface area contributed by atoms with Crippen molar-refractivity contribution in [2.24, 2.45) is 21.7 Å². The smallest absolute Gasteiger partial charge is 0.0930 e. The Labute approximate surface area is 183 Å². The lowest BCUT2D eigenvalue weighted by molar-refractivity contribution is -0.0565. The van der Waals surface area contributed by atoms with Gasteiger partial charge in [-0.25, -0.2) is 0 Å². The summed E-state index contributed by atoms with van der Waals surface area (Å²) in [5, 5.41) is 23.2. The maximum atomic E-state index is 11.6. The van der Waals surface area contributed by atoms with Crippen LogP contribution in [-0.2, 0) is 0 Å². The Morgan fingerprint density at radius 1 is 0.467 bits per heavy atom. The zero-order chi connectivity index (χ0) is 23.0. The first-order valence-electron chi connectivity index (χ1n) is 11.7. The molecule has 0 heterocycles. The molecule has 166 valence electrons. The van der Waals surface area contributed by atoms with E-state index in [1.165, 1.54) is 33.4 Å². The number of fused-ring (bicyclic) bond motifs is 2. The van der Waals surface area contributed by atoms with Crippen LogP contribution in [0.2, 0.25) is 0 Å². The lowest BCUT2D eigenvalue weighted by atomic mass is 9.44. The zero-order valence-electron chi connectivity index (χ0n) is 21.3. The van der Waals surface area contributed by atoms with Gasteiger partial charge in [0.2, 0.25) is 0 Å². The van der Waals surface area contributed by atoms with E-state index in [9.17, 15) is 10.2 Å². The molecule has 0 fully saturated rings. The van der Waals surface area contributed by atoms with Crippen LogP contribution in [-0.4, -0.2) is 21.4 Å². The van der Waals surface area contributed by atoms with Crippen LogP contribution in [0, 0.1) is 21.7 Å². The van der Waals surface area contributed by atoms with Crippen LogP contribution in [0.5, 0.6) is 0 Å². The van der Waals surface area contributed by atoms with Gasteiger partial charge in [-0.05, 0) is 79.4 Å². The largest absolute Gasteiger partial charge is 0.385 e. The SMILES string of the molecule is CC1=C(C)[C@]2(C)[C@@]1(C)C(CCC1=C(C)[C@](C)(O)[C@]3(C)C(C)=C(C)[C@]13C)=C(C)[C@]2(C)O. The number of aliphatic hydroxyl groups is 2. The number of hydrogen-bond acceptors (Lipinski definition) is 2. The summed E-state index contributed by atoms with van der Waals surface area (Å²) in [5.74, 6) is 0. The predicted molar refractivity (Wildman–Crippen MR) is 125 cm³/mol. The van der Waals surface area contributed by atoms with Gasteiger partial charge in [-0.3, -0.25) is 0 Å². The Balaban J connectivity index is 1.77. The van der Waals surface area contributed by atoms with E-state index in [0.29, 0.717) is 0 Å². The summed E-state index contributed by atoms with van der Waals surface area (Å²) in [6.45, 7) is 26.4. The summed E-state index contributed by atoms with van der Waals surface area (Å²) in [6, 6.07) is 0. The van der Waals surface area contributed by atoms with Crippen molar-refractivity contribution >= 4 is 0 Å².